The van der Waals surface area contributed by atoms with Gasteiger partial charge in [-0.25, -0.2) is 4.79 Å². The highest BCUT2D eigenvalue weighted by Gasteiger charge is 2.20. The molecule has 1 aromatic rings. The number of rotatable bonds is 4. The molecular weight excluding hydrogens is 255 g/mol. The molecule has 0 bridgehead atoms. The van der Waals surface area contributed by atoms with Crippen LogP contribution in [-0.4, -0.2) is 24.9 Å². The van der Waals surface area contributed by atoms with Crippen molar-refractivity contribution in [2.45, 2.75) is 13.3 Å². The average Bonchev–Trinajstić information content (AvgIpc) is 2.67. The summed E-state index contributed by atoms with van der Waals surface area (Å²) in [4.78, 5) is 10.9. The van der Waals surface area contributed by atoms with E-state index in [4.69, 9.17) is 4.74 Å². The van der Waals surface area contributed by atoms with Crippen molar-refractivity contribution in [1.82, 2.24) is 5.10 Å². The summed E-state index contributed by atoms with van der Waals surface area (Å²) in [6, 6.07) is 1.90. The van der Waals surface area contributed by atoms with Gasteiger partial charge in [-0.1, -0.05) is 6.58 Å². The number of hydrogen-bond donors (Lipinski definition) is 1. The van der Waals surface area contributed by atoms with Crippen LogP contribution in [0.25, 0.3) is 0 Å². The number of nitrogens with one attached hydrogen (secondary N) is 2. The SMILES string of the molecule is C=C(C)C(=O)OCCc1cc[nH+][nH]1.F[B-](F)(F)F. The Kier molecular flexibility index (Phi) is 6.77. The van der Waals surface area contributed by atoms with Gasteiger partial charge in [0.25, 0.3) is 0 Å². The summed E-state index contributed by atoms with van der Waals surface area (Å²) in [5, 5.41) is 5.71. The van der Waals surface area contributed by atoms with E-state index in [1.807, 2.05) is 6.07 Å². The molecule has 4 nitrogen and oxygen atoms in total. The fourth-order valence-corrected chi connectivity index (χ4v) is 0.841. The number of carbonyl (C=O) groups is 1. The topological polar surface area (TPSA) is 56.2 Å². The van der Waals surface area contributed by atoms with Crippen LogP contribution >= 0.6 is 0 Å². The molecule has 0 fully saturated rings. The van der Waals surface area contributed by atoms with E-state index in [1.165, 1.54) is 0 Å². The zero-order chi connectivity index (χ0) is 14.2. The Bertz CT molecular complexity index is 372. The molecule has 0 saturated heterocycles. The zero-order valence-corrected chi connectivity index (χ0v) is 9.68. The molecule has 102 valence electrons. The molecule has 0 aliphatic heterocycles. The summed E-state index contributed by atoms with van der Waals surface area (Å²) in [6.07, 6.45) is 2.47. The van der Waals surface area contributed by atoms with Gasteiger partial charge in [-0.05, 0) is 6.92 Å². The molecule has 18 heavy (non-hydrogen) atoms. The molecule has 1 heterocycles. The number of aromatic nitrogens is 2. The molecule has 0 spiro atoms. The van der Waals surface area contributed by atoms with Crippen molar-refractivity contribution in [1.29, 1.82) is 0 Å². The van der Waals surface area contributed by atoms with Gasteiger partial charge in [-0.15, -0.1) is 5.10 Å². The molecule has 0 amide bonds. The second kappa shape index (κ2) is 7.52. The quantitative estimate of drug-likeness (QED) is 0.391. The summed E-state index contributed by atoms with van der Waals surface area (Å²) in [6.45, 7) is 5.49. The highest BCUT2D eigenvalue weighted by molar-refractivity contribution is 6.50. The van der Waals surface area contributed by atoms with Crippen LogP contribution in [0.2, 0.25) is 0 Å². The Labute approximate surface area is 101 Å². The predicted octanol–water partition coefficient (Wildman–Crippen LogP) is 1.79. The maximum absolute atomic E-state index is 10.9. The molecular formula is C9H13BF4N2O2. The van der Waals surface area contributed by atoms with Crippen LogP contribution in [0.4, 0.5) is 17.3 Å². The van der Waals surface area contributed by atoms with E-state index in [0.717, 1.165) is 5.69 Å². The lowest BCUT2D eigenvalue weighted by molar-refractivity contribution is -0.449. The first-order valence-electron chi connectivity index (χ1n) is 4.94. The Balaban J connectivity index is 0.000000494. The maximum atomic E-state index is 10.9. The first-order valence-corrected chi connectivity index (χ1v) is 4.94. The average molecular weight is 268 g/mol. The van der Waals surface area contributed by atoms with E-state index in [9.17, 15) is 22.1 Å². The van der Waals surface area contributed by atoms with Gasteiger partial charge in [0.05, 0.1) is 12.3 Å². The van der Waals surface area contributed by atoms with Crippen LogP contribution in [0.3, 0.4) is 0 Å². The first kappa shape index (κ1) is 16.2. The van der Waals surface area contributed by atoms with E-state index in [0.29, 0.717) is 18.6 Å². The molecule has 0 aliphatic rings. The van der Waals surface area contributed by atoms with E-state index >= 15 is 0 Å². The normalized spacial score (nSPS) is 10.3. The highest BCUT2D eigenvalue weighted by Crippen LogP contribution is 2.06. The van der Waals surface area contributed by atoms with Crippen LogP contribution in [0, 0.1) is 0 Å². The van der Waals surface area contributed by atoms with Gasteiger partial charge in [0.15, 0.2) is 6.20 Å². The third kappa shape index (κ3) is 10.7. The second-order valence-corrected chi connectivity index (χ2v) is 3.29. The summed E-state index contributed by atoms with van der Waals surface area (Å²) < 4.78 is 43.9. The summed E-state index contributed by atoms with van der Waals surface area (Å²) in [5.74, 6) is -0.337. The lowest BCUT2D eigenvalue weighted by Gasteiger charge is -2.01. The smallest absolute Gasteiger partial charge is 0.462 e. The standard InChI is InChI=1S/C9H12N2O2.BF4/c1-7(2)9(12)13-6-4-8-3-5-10-11-8;2-1(3,4)5/h3,5H,1,4,6H2,2H3,(H,10,11);/q;-1/p+1. The molecule has 0 aromatic carbocycles. The Hall–Kier alpha value is -1.80. The Morgan fingerprint density at radius 1 is 1.50 bits per heavy atom. The molecule has 2 N–H and O–H groups in total. The van der Waals surface area contributed by atoms with Crippen LogP contribution in [0.5, 0.6) is 0 Å². The fourth-order valence-electron chi connectivity index (χ4n) is 0.841. The minimum Gasteiger partial charge on any atom is -0.462 e. The molecule has 0 radical (unpaired) electrons. The van der Waals surface area contributed by atoms with E-state index in [2.05, 4.69) is 16.8 Å². The summed E-state index contributed by atoms with van der Waals surface area (Å²) >= 11 is 0. The Morgan fingerprint density at radius 2 is 2.06 bits per heavy atom. The second-order valence-electron chi connectivity index (χ2n) is 3.29. The third-order valence-corrected chi connectivity index (χ3v) is 1.55. The number of aromatic amines is 2. The number of carbonyl (C=O) groups excluding carboxylic acids is 1. The van der Waals surface area contributed by atoms with Crippen molar-refractivity contribution in [3.63, 3.8) is 0 Å². The van der Waals surface area contributed by atoms with Gasteiger partial charge in [0.2, 0.25) is 0 Å². The van der Waals surface area contributed by atoms with Crippen LogP contribution in [0.1, 0.15) is 12.6 Å². The van der Waals surface area contributed by atoms with Crippen molar-refractivity contribution < 1.29 is 31.9 Å². The molecule has 0 aliphatic carbocycles. The van der Waals surface area contributed by atoms with Gasteiger partial charge in [0, 0.05) is 18.1 Å². The molecule has 0 unspecified atom stereocenters. The zero-order valence-electron chi connectivity index (χ0n) is 9.68. The minimum atomic E-state index is -6.00. The lowest BCUT2D eigenvalue weighted by Crippen LogP contribution is -2.09. The summed E-state index contributed by atoms with van der Waals surface area (Å²) in [5.41, 5.74) is 1.44. The van der Waals surface area contributed by atoms with E-state index < -0.39 is 7.25 Å². The largest absolute Gasteiger partial charge is 0.673 e. The molecule has 0 saturated carbocycles. The molecule has 9 heteroatoms. The van der Waals surface area contributed by atoms with Crippen molar-refractivity contribution in [3.8, 4) is 0 Å². The van der Waals surface area contributed by atoms with Crippen molar-refractivity contribution in [3.05, 3.63) is 30.1 Å². The van der Waals surface area contributed by atoms with Gasteiger partial charge >= 0.3 is 13.2 Å². The maximum Gasteiger partial charge on any atom is 0.673 e. The number of ether oxygens (including phenoxy) is 1. The number of hydrogen-bond acceptors (Lipinski definition) is 2. The van der Waals surface area contributed by atoms with Crippen molar-refractivity contribution in [2.75, 3.05) is 6.61 Å². The van der Waals surface area contributed by atoms with Crippen LogP contribution in [-0.2, 0) is 16.0 Å². The van der Waals surface area contributed by atoms with Gasteiger partial charge in [0.1, 0.15) is 0 Å². The van der Waals surface area contributed by atoms with Gasteiger partial charge in [-0.3, -0.25) is 0 Å². The highest BCUT2D eigenvalue weighted by atomic mass is 19.5. The van der Waals surface area contributed by atoms with Crippen molar-refractivity contribution in [2.24, 2.45) is 0 Å². The monoisotopic (exact) mass is 268 g/mol. The molecule has 1 rings (SSSR count). The molecule has 1 aromatic heterocycles. The summed E-state index contributed by atoms with van der Waals surface area (Å²) in [7, 11) is -6.00. The van der Waals surface area contributed by atoms with E-state index in [1.54, 1.807) is 13.1 Å². The predicted molar refractivity (Wildman–Crippen MR) is 57.0 cm³/mol. The van der Waals surface area contributed by atoms with Gasteiger partial charge < -0.3 is 22.0 Å². The van der Waals surface area contributed by atoms with Crippen LogP contribution in [0.15, 0.2) is 24.4 Å². The number of halogens is 4. The van der Waals surface area contributed by atoms with Crippen molar-refractivity contribution >= 4 is 13.2 Å². The fraction of sp³-hybridized carbons (Fsp3) is 0.333. The van der Waals surface area contributed by atoms with Crippen LogP contribution < -0.4 is 5.10 Å². The number of H-pyrrole nitrogens is 2. The van der Waals surface area contributed by atoms with E-state index in [-0.39, 0.29) is 5.97 Å². The first-order chi connectivity index (χ1) is 8.20. The molecule has 0 atom stereocenters. The lowest BCUT2D eigenvalue weighted by atomic mass is 10.3. The minimum absolute atomic E-state index is 0.337. The Morgan fingerprint density at radius 3 is 2.44 bits per heavy atom. The van der Waals surface area contributed by atoms with Gasteiger partial charge in [-0.2, -0.15) is 5.10 Å². The number of esters is 1. The third-order valence-electron chi connectivity index (χ3n) is 1.55.